The third-order valence-electron chi connectivity index (χ3n) is 3.23. The Morgan fingerprint density at radius 2 is 2.04 bits per heavy atom. The highest BCUT2D eigenvalue weighted by Gasteiger charge is 2.17. The zero-order chi connectivity index (χ0) is 16.6. The van der Waals surface area contributed by atoms with Crippen LogP contribution in [0, 0.1) is 13.8 Å². The van der Waals surface area contributed by atoms with E-state index in [2.05, 4.69) is 20.4 Å². The zero-order valence-corrected chi connectivity index (χ0v) is 13.5. The average Bonchev–Trinajstić information content (AvgIpc) is 2.92. The Bertz CT molecular complexity index is 906. The van der Waals surface area contributed by atoms with Crippen molar-refractivity contribution in [2.75, 3.05) is 12.4 Å². The number of benzene rings is 1. The molecule has 1 N–H and O–H groups in total. The number of methoxy groups -OCH3 is 1. The summed E-state index contributed by atoms with van der Waals surface area (Å²) in [7, 11) is 1.51. The van der Waals surface area contributed by atoms with E-state index in [9.17, 15) is 4.79 Å². The van der Waals surface area contributed by atoms with E-state index in [1.165, 1.54) is 11.6 Å². The Morgan fingerprint density at radius 1 is 1.26 bits per heavy atom. The molecule has 0 atom stereocenters. The predicted molar refractivity (Wildman–Crippen MR) is 86.2 cm³/mol. The van der Waals surface area contributed by atoms with E-state index in [4.69, 9.17) is 16.3 Å². The molecule has 0 aliphatic carbocycles. The number of rotatable bonds is 3. The minimum absolute atomic E-state index is 0.0215. The van der Waals surface area contributed by atoms with Gasteiger partial charge in [0.15, 0.2) is 0 Å². The fourth-order valence-corrected chi connectivity index (χ4v) is 2.39. The van der Waals surface area contributed by atoms with Gasteiger partial charge in [-0.25, -0.2) is 9.50 Å². The molecule has 1 aromatic carbocycles. The summed E-state index contributed by atoms with van der Waals surface area (Å²) in [5, 5.41) is 7.37. The molecular weight excluding hydrogens is 318 g/mol. The van der Waals surface area contributed by atoms with Crippen molar-refractivity contribution in [1.29, 1.82) is 0 Å². The molecule has 2 heterocycles. The quantitative estimate of drug-likeness (QED) is 0.798. The molecule has 23 heavy (non-hydrogen) atoms. The lowest BCUT2D eigenvalue weighted by Crippen LogP contribution is -2.14. The highest BCUT2D eigenvalue weighted by Crippen LogP contribution is 2.27. The monoisotopic (exact) mass is 331 g/mol. The van der Waals surface area contributed by atoms with Crippen molar-refractivity contribution in [2.24, 2.45) is 0 Å². The number of hydrogen-bond donors (Lipinski definition) is 1. The highest BCUT2D eigenvalue weighted by molar-refractivity contribution is 6.31. The first-order valence-electron chi connectivity index (χ1n) is 6.84. The maximum Gasteiger partial charge on any atom is 0.295 e. The Hall–Kier alpha value is -2.67. The summed E-state index contributed by atoms with van der Waals surface area (Å²) in [6, 6.07) is 6.81. The molecule has 2 aromatic heterocycles. The molecule has 7 nitrogen and oxygen atoms in total. The van der Waals surface area contributed by atoms with E-state index in [0.717, 1.165) is 11.4 Å². The second kappa shape index (κ2) is 5.85. The molecule has 8 heteroatoms. The number of aryl methyl sites for hydroxylation is 2. The number of ether oxygens (including phenoxy) is 1. The van der Waals surface area contributed by atoms with Crippen molar-refractivity contribution in [2.45, 2.75) is 13.8 Å². The van der Waals surface area contributed by atoms with Gasteiger partial charge < -0.3 is 10.1 Å². The number of nitrogens with zero attached hydrogens (tertiary/aromatic N) is 4. The summed E-state index contributed by atoms with van der Waals surface area (Å²) in [5.74, 6) is 0.434. The van der Waals surface area contributed by atoms with E-state index >= 15 is 0 Å². The van der Waals surface area contributed by atoms with Crippen LogP contribution in [-0.4, -0.2) is 32.6 Å². The van der Waals surface area contributed by atoms with E-state index < -0.39 is 5.91 Å². The number of amides is 1. The van der Waals surface area contributed by atoms with Crippen LogP contribution in [0.5, 0.6) is 5.75 Å². The molecule has 0 saturated heterocycles. The molecule has 3 rings (SSSR count). The van der Waals surface area contributed by atoms with Gasteiger partial charge in [0.05, 0.1) is 12.8 Å². The summed E-state index contributed by atoms with van der Waals surface area (Å²) in [6.07, 6.45) is 0. The molecule has 0 aliphatic rings. The molecule has 0 saturated carbocycles. The number of carbonyl (C=O) groups excluding carboxylic acids is 1. The zero-order valence-electron chi connectivity index (χ0n) is 12.8. The van der Waals surface area contributed by atoms with Crippen molar-refractivity contribution in [3.63, 3.8) is 0 Å². The molecular formula is C15H14ClN5O2. The van der Waals surface area contributed by atoms with Crippen LogP contribution in [0.1, 0.15) is 22.0 Å². The molecule has 0 radical (unpaired) electrons. The Kier molecular flexibility index (Phi) is 3.87. The maximum atomic E-state index is 12.4. The first-order chi connectivity index (χ1) is 11.0. The molecule has 0 spiro atoms. The summed E-state index contributed by atoms with van der Waals surface area (Å²) in [6.45, 7) is 3.73. The van der Waals surface area contributed by atoms with Crippen molar-refractivity contribution >= 4 is 29.0 Å². The van der Waals surface area contributed by atoms with Gasteiger partial charge in [-0.1, -0.05) is 11.6 Å². The summed E-state index contributed by atoms with van der Waals surface area (Å²) < 4.78 is 6.72. The predicted octanol–water partition coefficient (Wildman–Crippen LogP) is 2.66. The number of fused-ring (bicyclic) bond motifs is 1. The first kappa shape index (κ1) is 15.2. The lowest BCUT2D eigenvalue weighted by molar-refractivity contribution is 0.101. The van der Waals surface area contributed by atoms with Crippen LogP contribution in [0.25, 0.3) is 5.78 Å². The molecule has 0 fully saturated rings. The summed E-state index contributed by atoms with van der Waals surface area (Å²) in [4.78, 5) is 20.8. The number of carbonyl (C=O) groups is 1. The molecule has 1 amide bonds. The minimum Gasteiger partial charge on any atom is -0.495 e. The van der Waals surface area contributed by atoms with Gasteiger partial charge in [0.2, 0.25) is 5.82 Å². The number of nitrogens with one attached hydrogen (secondary N) is 1. The van der Waals surface area contributed by atoms with Gasteiger partial charge in [-0.2, -0.15) is 4.98 Å². The van der Waals surface area contributed by atoms with E-state index in [0.29, 0.717) is 22.2 Å². The largest absolute Gasteiger partial charge is 0.495 e. The lowest BCUT2D eigenvalue weighted by Gasteiger charge is -2.08. The van der Waals surface area contributed by atoms with Crippen LogP contribution < -0.4 is 10.1 Å². The van der Waals surface area contributed by atoms with E-state index in [1.807, 2.05) is 19.9 Å². The highest BCUT2D eigenvalue weighted by atomic mass is 35.5. The van der Waals surface area contributed by atoms with Crippen molar-refractivity contribution in [3.8, 4) is 5.75 Å². The SMILES string of the molecule is COc1ccc(Cl)cc1NC(=O)c1nc2nc(C)cc(C)n2n1. The van der Waals surface area contributed by atoms with Crippen LogP contribution in [0.15, 0.2) is 24.3 Å². The number of aromatic nitrogens is 4. The molecule has 0 unspecified atom stereocenters. The minimum atomic E-state index is -0.465. The van der Waals surface area contributed by atoms with Crippen LogP contribution in [0.3, 0.4) is 0 Å². The lowest BCUT2D eigenvalue weighted by atomic mass is 10.3. The molecule has 0 aliphatic heterocycles. The van der Waals surface area contributed by atoms with Gasteiger partial charge in [-0.05, 0) is 38.1 Å². The summed E-state index contributed by atoms with van der Waals surface area (Å²) in [5.41, 5.74) is 2.11. The molecule has 0 bridgehead atoms. The maximum absolute atomic E-state index is 12.4. The number of halogens is 1. The van der Waals surface area contributed by atoms with Gasteiger partial charge in [-0.15, -0.1) is 5.10 Å². The van der Waals surface area contributed by atoms with Crippen molar-refractivity contribution < 1.29 is 9.53 Å². The topological polar surface area (TPSA) is 81.4 Å². The van der Waals surface area contributed by atoms with E-state index in [-0.39, 0.29) is 5.82 Å². The van der Waals surface area contributed by atoms with Crippen LogP contribution in [0.2, 0.25) is 5.02 Å². The van der Waals surface area contributed by atoms with Gasteiger partial charge in [0.25, 0.3) is 11.7 Å². The smallest absolute Gasteiger partial charge is 0.295 e. The Morgan fingerprint density at radius 3 is 2.78 bits per heavy atom. The van der Waals surface area contributed by atoms with Gasteiger partial charge in [0.1, 0.15) is 5.75 Å². The Balaban J connectivity index is 1.95. The third-order valence-corrected chi connectivity index (χ3v) is 3.47. The normalized spacial score (nSPS) is 10.8. The van der Waals surface area contributed by atoms with Gasteiger partial charge >= 0.3 is 0 Å². The first-order valence-corrected chi connectivity index (χ1v) is 7.21. The van der Waals surface area contributed by atoms with Gasteiger partial charge in [-0.3, -0.25) is 4.79 Å². The number of hydrogen-bond acceptors (Lipinski definition) is 5. The second-order valence-electron chi connectivity index (χ2n) is 4.98. The fourth-order valence-electron chi connectivity index (χ4n) is 2.22. The van der Waals surface area contributed by atoms with Gasteiger partial charge in [0, 0.05) is 16.4 Å². The standard InChI is InChI=1S/C15H14ClN5O2/c1-8-6-9(2)21-15(17-8)19-13(20-21)14(22)18-11-7-10(16)4-5-12(11)23-3/h4-7H,1-3H3,(H,18,22). The fraction of sp³-hybridized carbons (Fsp3) is 0.200. The van der Waals surface area contributed by atoms with Crippen molar-refractivity contribution in [1.82, 2.24) is 19.6 Å². The summed E-state index contributed by atoms with van der Waals surface area (Å²) >= 11 is 5.95. The van der Waals surface area contributed by atoms with Crippen molar-refractivity contribution in [3.05, 3.63) is 46.5 Å². The number of anilines is 1. The molecule has 3 aromatic rings. The Labute approximate surface area is 137 Å². The average molecular weight is 332 g/mol. The van der Waals surface area contributed by atoms with Crippen LogP contribution >= 0.6 is 11.6 Å². The van der Waals surface area contributed by atoms with E-state index in [1.54, 1.807) is 18.2 Å². The third kappa shape index (κ3) is 2.95. The van der Waals surface area contributed by atoms with Crippen LogP contribution in [0.4, 0.5) is 5.69 Å². The van der Waals surface area contributed by atoms with Crippen LogP contribution in [-0.2, 0) is 0 Å². The second-order valence-corrected chi connectivity index (χ2v) is 5.42. The molecule has 118 valence electrons.